The zero-order chi connectivity index (χ0) is 14.1. The van der Waals surface area contributed by atoms with Crippen LogP contribution in [0.4, 0.5) is 0 Å². The zero-order valence-corrected chi connectivity index (χ0v) is 11.1. The van der Waals surface area contributed by atoms with Crippen molar-refractivity contribution in [3.8, 4) is 0 Å². The first-order chi connectivity index (χ1) is 9.67. The summed E-state index contributed by atoms with van der Waals surface area (Å²) in [7, 11) is 0. The minimum absolute atomic E-state index is 0.217. The highest BCUT2D eigenvalue weighted by molar-refractivity contribution is 5.90. The van der Waals surface area contributed by atoms with Crippen LogP contribution in [-0.4, -0.2) is 10.5 Å². The molecule has 0 spiro atoms. The average molecular weight is 269 g/mol. The lowest BCUT2D eigenvalue weighted by atomic mass is 10.2. The third-order valence-corrected chi connectivity index (χ3v) is 3.27. The van der Waals surface area contributed by atoms with E-state index in [1.54, 1.807) is 12.1 Å². The fourth-order valence-electron chi connectivity index (χ4n) is 2.28. The van der Waals surface area contributed by atoms with Crippen LogP contribution in [-0.2, 0) is 6.54 Å². The topological polar surface area (TPSA) is 73.2 Å². The van der Waals surface area contributed by atoms with Gasteiger partial charge in [0.15, 0.2) is 5.76 Å². The number of hydrazine groups is 1. The van der Waals surface area contributed by atoms with Gasteiger partial charge in [-0.1, -0.05) is 11.6 Å². The molecule has 5 heteroatoms. The molecule has 1 aromatic carbocycles. The van der Waals surface area contributed by atoms with Gasteiger partial charge in [-0.05, 0) is 42.6 Å². The van der Waals surface area contributed by atoms with Crippen LogP contribution in [0.5, 0.6) is 0 Å². The van der Waals surface area contributed by atoms with Crippen LogP contribution in [0, 0.1) is 6.92 Å². The van der Waals surface area contributed by atoms with Crippen LogP contribution in [0.15, 0.2) is 47.0 Å². The number of aromatic nitrogens is 1. The van der Waals surface area contributed by atoms with Crippen molar-refractivity contribution >= 4 is 16.8 Å². The second-order valence-corrected chi connectivity index (χ2v) is 4.75. The van der Waals surface area contributed by atoms with E-state index in [-0.39, 0.29) is 5.76 Å². The number of carbonyl (C=O) groups is 1. The van der Waals surface area contributed by atoms with Crippen LogP contribution in [0.3, 0.4) is 0 Å². The molecule has 0 unspecified atom stereocenters. The summed E-state index contributed by atoms with van der Waals surface area (Å²) in [6.45, 7) is 2.64. The first kappa shape index (κ1) is 12.5. The number of rotatable bonds is 3. The van der Waals surface area contributed by atoms with E-state index in [0.717, 1.165) is 5.52 Å². The van der Waals surface area contributed by atoms with Crippen molar-refractivity contribution in [2.75, 3.05) is 0 Å². The zero-order valence-electron chi connectivity index (χ0n) is 11.1. The van der Waals surface area contributed by atoms with Crippen molar-refractivity contribution in [2.45, 2.75) is 13.5 Å². The molecule has 0 aliphatic heterocycles. The summed E-state index contributed by atoms with van der Waals surface area (Å²) in [6, 6.07) is 11.8. The molecule has 0 bridgehead atoms. The molecule has 5 nitrogen and oxygen atoms in total. The highest BCUT2D eigenvalue weighted by Gasteiger charge is 2.10. The minimum Gasteiger partial charge on any atom is -0.454 e. The number of furan rings is 1. The van der Waals surface area contributed by atoms with Crippen molar-refractivity contribution < 1.29 is 9.21 Å². The van der Waals surface area contributed by atoms with Gasteiger partial charge in [0, 0.05) is 11.7 Å². The molecule has 20 heavy (non-hydrogen) atoms. The van der Waals surface area contributed by atoms with Crippen molar-refractivity contribution in [1.82, 2.24) is 9.99 Å². The Morgan fingerprint density at radius 1 is 1.30 bits per heavy atom. The maximum atomic E-state index is 11.3. The summed E-state index contributed by atoms with van der Waals surface area (Å²) in [5, 5.41) is 1.19. The molecule has 0 saturated heterocycles. The molecule has 3 aromatic rings. The normalized spacial score (nSPS) is 10.9. The van der Waals surface area contributed by atoms with Gasteiger partial charge in [-0.25, -0.2) is 5.84 Å². The Hall–Kier alpha value is -2.53. The van der Waals surface area contributed by atoms with Crippen molar-refractivity contribution in [3.05, 3.63) is 59.7 Å². The highest BCUT2D eigenvalue weighted by Crippen LogP contribution is 2.19. The van der Waals surface area contributed by atoms with Gasteiger partial charge in [-0.2, -0.15) is 0 Å². The van der Waals surface area contributed by atoms with Crippen molar-refractivity contribution in [2.24, 2.45) is 5.84 Å². The first-order valence-corrected chi connectivity index (χ1v) is 6.32. The van der Waals surface area contributed by atoms with Crippen molar-refractivity contribution in [1.29, 1.82) is 0 Å². The van der Waals surface area contributed by atoms with E-state index < -0.39 is 5.91 Å². The van der Waals surface area contributed by atoms with Gasteiger partial charge in [-0.15, -0.1) is 0 Å². The molecule has 3 rings (SSSR count). The van der Waals surface area contributed by atoms with Crippen molar-refractivity contribution in [3.63, 3.8) is 0 Å². The monoisotopic (exact) mass is 269 g/mol. The van der Waals surface area contributed by atoms with E-state index in [4.69, 9.17) is 10.3 Å². The molecule has 0 atom stereocenters. The standard InChI is InChI=1S/C15H15N3O2/c1-10-2-4-13-11(8-10)6-7-18(13)9-12-3-5-14(20-12)15(19)17-16/h2-8H,9,16H2,1H3,(H,17,19). The van der Waals surface area contributed by atoms with E-state index >= 15 is 0 Å². The molecule has 0 aliphatic carbocycles. The van der Waals surface area contributed by atoms with E-state index in [1.165, 1.54) is 10.9 Å². The molecule has 2 aromatic heterocycles. The minimum atomic E-state index is -0.427. The molecular formula is C15H15N3O2. The molecule has 0 aliphatic rings. The van der Waals surface area contributed by atoms with Gasteiger partial charge in [0.2, 0.25) is 0 Å². The van der Waals surface area contributed by atoms with E-state index in [9.17, 15) is 4.79 Å². The Labute approximate surface area is 115 Å². The average Bonchev–Trinajstić information content (AvgIpc) is 3.06. The van der Waals surface area contributed by atoms with E-state index in [0.29, 0.717) is 12.3 Å². The summed E-state index contributed by atoms with van der Waals surface area (Å²) < 4.78 is 7.55. The Balaban J connectivity index is 1.89. The predicted molar refractivity (Wildman–Crippen MR) is 76.1 cm³/mol. The molecule has 2 heterocycles. The Morgan fingerprint density at radius 2 is 2.15 bits per heavy atom. The number of amides is 1. The number of nitrogen functional groups attached to an aromatic ring is 1. The summed E-state index contributed by atoms with van der Waals surface area (Å²) >= 11 is 0. The van der Waals surface area contributed by atoms with Crippen LogP contribution in [0.25, 0.3) is 10.9 Å². The molecule has 0 radical (unpaired) electrons. The number of nitrogens with two attached hydrogens (primary N) is 1. The first-order valence-electron chi connectivity index (χ1n) is 6.32. The van der Waals surface area contributed by atoms with Crippen LogP contribution in [0.2, 0.25) is 0 Å². The maximum absolute atomic E-state index is 11.3. The number of hydrogen-bond donors (Lipinski definition) is 2. The summed E-state index contributed by atoms with van der Waals surface area (Å²) in [5.74, 6) is 5.57. The second-order valence-electron chi connectivity index (χ2n) is 4.75. The lowest BCUT2D eigenvalue weighted by Gasteiger charge is -2.03. The quantitative estimate of drug-likeness (QED) is 0.435. The SMILES string of the molecule is Cc1ccc2c(ccn2Cc2ccc(C(=O)NN)o2)c1. The van der Waals surface area contributed by atoms with Gasteiger partial charge < -0.3 is 8.98 Å². The molecule has 0 fully saturated rings. The fraction of sp³-hybridized carbons (Fsp3) is 0.133. The van der Waals surface area contributed by atoms with Crippen LogP contribution in [0.1, 0.15) is 21.9 Å². The molecule has 1 amide bonds. The number of nitrogens with one attached hydrogen (secondary N) is 1. The molecular weight excluding hydrogens is 254 g/mol. The van der Waals surface area contributed by atoms with Crippen LogP contribution >= 0.6 is 0 Å². The van der Waals surface area contributed by atoms with E-state index in [2.05, 4.69) is 35.8 Å². The number of benzene rings is 1. The molecule has 102 valence electrons. The second kappa shape index (κ2) is 4.86. The number of carbonyl (C=O) groups excluding carboxylic acids is 1. The third-order valence-electron chi connectivity index (χ3n) is 3.27. The van der Waals surface area contributed by atoms with Gasteiger partial charge in [-0.3, -0.25) is 10.2 Å². The Kier molecular flexibility index (Phi) is 3.04. The summed E-state index contributed by atoms with van der Waals surface area (Å²) in [6.07, 6.45) is 2.01. The lowest BCUT2D eigenvalue weighted by molar-refractivity contribution is 0.0924. The third kappa shape index (κ3) is 2.19. The number of aryl methyl sites for hydroxylation is 1. The highest BCUT2D eigenvalue weighted by atomic mass is 16.4. The lowest BCUT2D eigenvalue weighted by Crippen LogP contribution is -2.29. The van der Waals surface area contributed by atoms with Gasteiger partial charge in [0.25, 0.3) is 0 Å². The number of hydrogen-bond acceptors (Lipinski definition) is 3. The van der Waals surface area contributed by atoms with Crippen LogP contribution < -0.4 is 11.3 Å². The summed E-state index contributed by atoms with van der Waals surface area (Å²) in [5.41, 5.74) is 4.42. The Bertz CT molecular complexity index is 770. The number of nitrogens with zero attached hydrogens (tertiary/aromatic N) is 1. The largest absolute Gasteiger partial charge is 0.454 e. The predicted octanol–water partition coefficient (Wildman–Crippen LogP) is 2.19. The van der Waals surface area contributed by atoms with E-state index in [1.807, 2.05) is 11.6 Å². The summed E-state index contributed by atoms with van der Waals surface area (Å²) in [4.78, 5) is 11.3. The van der Waals surface area contributed by atoms with Gasteiger partial charge >= 0.3 is 5.91 Å². The molecule has 3 N–H and O–H groups in total. The smallest absolute Gasteiger partial charge is 0.300 e. The van der Waals surface area contributed by atoms with Gasteiger partial charge in [0.1, 0.15) is 5.76 Å². The fourth-order valence-corrected chi connectivity index (χ4v) is 2.28. The molecule has 0 saturated carbocycles. The number of fused-ring (bicyclic) bond motifs is 1. The maximum Gasteiger partial charge on any atom is 0.300 e. The van der Waals surface area contributed by atoms with Gasteiger partial charge in [0.05, 0.1) is 6.54 Å². The Morgan fingerprint density at radius 3 is 2.95 bits per heavy atom.